The highest BCUT2D eigenvalue weighted by Gasteiger charge is 2.07. The van der Waals surface area contributed by atoms with Crippen molar-refractivity contribution in [2.24, 2.45) is 0 Å². The molecule has 0 heterocycles. The molecule has 26 heavy (non-hydrogen) atoms. The predicted molar refractivity (Wildman–Crippen MR) is 105 cm³/mol. The fourth-order valence-corrected chi connectivity index (χ4v) is 1.74. The number of hydrogen-bond acceptors (Lipinski definition) is 4. The van der Waals surface area contributed by atoms with E-state index in [1.807, 2.05) is 0 Å². The van der Waals surface area contributed by atoms with Crippen LogP contribution in [-0.4, -0.2) is 31.9 Å². The molecule has 0 bridgehead atoms. The number of aliphatic hydroxyl groups is 1. The molecule has 0 aromatic heterocycles. The van der Waals surface area contributed by atoms with Gasteiger partial charge in [0.1, 0.15) is 12.4 Å². The second-order valence-electron chi connectivity index (χ2n) is 5.06. The van der Waals surface area contributed by atoms with Crippen molar-refractivity contribution in [3.8, 4) is 17.2 Å². The minimum Gasteiger partial charge on any atom is -0.493 e. The highest BCUT2D eigenvalue weighted by Crippen LogP contribution is 2.28. The van der Waals surface area contributed by atoms with Crippen LogP contribution >= 0.6 is 0 Å². The smallest absolute Gasteiger partial charge is 0.160 e. The van der Waals surface area contributed by atoms with E-state index in [2.05, 4.69) is 4.74 Å². The minimum absolute atomic E-state index is 0.268. The molecule has 2 aromatic rings. The molecule has 1 N–H and O–H groups in total. The van der Waals surface area contributed by atoms with Gasteiger partial charge in [0, 0.05) is 8.22 Å². The normalized spacial score (nSPS) is 24.2. The van der Waals surface area contributed by atoms with Crippen molar-refractivity contribution in [3.05, 3.63) is 52.9 Å². The van der Waals surface area contributed by atoms with Gasteiger partial charge >= 0.3 is 0 Å². The number of benzene rings is 2. The quantitative estimate of drug-likeness (QED) is 0.666. The van der Waals surface area contributed by atoms with Crippen molar-refractivity contribution in [1.82, 2.24) is 0 Å². The Labute approximate surface area is 179 Å². The maximum Gasteiger partial charge on any atom is 0.160 e. The number of ether oxygens (including phenoxy) is 3. The van der Waals surface area contributed by atoms with Crippen LogP contribution in [0.1, 0.15) is 57.8 Å². The predicted octanol–water partition coefficient (Wildman–Crippen LogP) is 4.47. The van der Waals surface area contributed by atoms with Gasteiger partial charge < -0.3 is 19.3 Å². The summed E-state index contributed by atoms with van der Waals surface area (Å²) in [6.45, 7) is 1.73. The lowest BCUT2D eigenvalue weighted by atomic mass is 10.0. The maximum absolute atomic E-state index is 10.7. The summed E-state index contributed by atoms with van der Waals surface area (Å²) in [6.07, 6.45) is -15.0. The molecule has 0 aliphatic rings. The molecule has 0 aliphatic heterocycles. The Balaban J connectivity index is 2.51. The molecule has 4 nitrogen and oxygen atoms in total. The van der Waals surface area contributed by atoms with Crippen molar-refractivity contribution in [1.29, 1.82) is 0 Å². The van der Waals surface area contributed by atoms with Crippen LogP contribution in [0.2, 0.25) is 0 Å². The average molecular weight is 375 g/mol. The summed E-state index contributed by atoms with van der Waals surface area (Å²) in [7, 11) is -2.20. The first-order chi connectivity index (χ1) is 18.8. The molecule has 0 spiro atoms. The van der Waals surface area contributed by atoms with Crippen LogP contribution in [0.25, 0.3) is 0 Å². The van der Waals surface area contributed by atoms with Gasteiger partial charge in [0.05, 0.1) is 33.9 Å². The van der Waals surface area contributed by atoms with Crippen LogP contribution in [0.3, 0.4) is 0 Å². The highest BCUT2D eigenvalue weighted by atomic mass is 16.5. The monoisotopic (exact) mass is 374 g/mol. The maximum atomic E-state index is 10.7. The second-order valence-corrected chi connectivity index (χ2v) is 5.06. The van der Waals surface area contributed by atoms with Crippen molar-refractivity contribution in [2.45, 2.75) is 45.5 Å². The van der Waals surface area contributed by atoms with E-state index in [0.717, 1.165) is 7.11 Å². The van der Waals surface area contributed by atoms with Crippen LogP contribution in [-0.2, 0) is 6.37 Å². The molecule has 1 atom stereocenters. The van der Waals surface area contributed by atoms with Crippen LogP contribution in [0.15, 0.2) is 36.3 Å². The van der Waals surface area contributed by atoms with E-state index >= 15 is 0 Å². The van der Waals surface area contributed by atoms with E-state index < -0.39 is 92.2 Å². The van der Waals surface area contributed by atoms with Gasteiger partial charge in [-0.05, 0) is 73.8 Å². The van der Waals surface area contributed by atoms with Gasteiger partial charge in [0.25, 0.3) is 0 Å². The Morgan fingerprint density at radius 2 is 2.00 bits per heavy atom. The fraction of sp³-hybridized carbons (Fsp3) is 0.455. The molecule has 142 valence electrons. The van der Waals surface area contributed by atoms with E-state index in [1.54, 1.807) is 0 Å². The summed E-state index contributed by atoms with van der Waals surface area (Å²) in [5.41, 5.74) is -0.509. The molecule has 0 saturated carbocycles. The van der Waals surface area contributed by atoms with E-state index in [0.29, 0.717) is 5.56 Å². The molecular weight excluding hydrogens is 328 g/mol. The third-order valence-electron chi connectivity index (χ3n) is 3.23. The lowest BCUT2D eigenvalue weighted by Crippen LogP contribution is -2.17. The molecule has 4 heteroatoms. The van der Waals surface area contributed by atoms with Gasteiger partial charge in [-0.2, -0.15) is 0 Å². The summed E-state index contributed by atoms with van der Waals surface area (Å²) >= 11 is 0. The van der Waals surface area contributed by atoms with Gasteiger partial charge in [-0.3, -0.25) is 0 Å². The number of rotatable bonds is 10. The Morgan fingerprint density at radius 3 is 2.77 bits per heavy atom. The lowest BCUT2D eigenvalue weighted by Gasteiger charge is -2.13. The Kier molecular flexibility index (Phi) is 2.88. The Morgan fingerprint density at radius 1 is 1.15 bits per heavy atom. The Bertz CT molecular complexity index is 1320. The van der Waals surface area contributed by atoms with E-state index in [-0.39, 0.29) is 17.6 Å². The van der Waals surface area contributed by atoms with Gasteiger partial charge in [-0.15, -0.1) is 0 Å². The van der Waals surface area contributed by atoms with E-state index in [1.165, 1.54) is 13.8 Å². The molecule has 0 aliphatic carbocycles. The Hall–Kier alpha value is -2.20. The highest BCUT2D eigenvalue weighted by molar-refractivity contribution is 5.42. The first kappa shape index (κ1) is 7.43. The zero-order chi connectivity index (χ0) is 33.0. The summed E-state index contributed by atoms with van der Waals surface area (Å²) in [4.78, 5) is 0. The van der Waals surface area contributed by atoms with Crippen molar-refractivity contribution >= 4 is 0 Å². The first-order valence-corrected chi connectivity index (χ1v) is 7.55. The lowest BCUT2D eigenvalue weighted by molar-refractivity contribution is 0.0976. The third kappa shape index (κ3) is 5.95. The largest absolute Gasteiger partial charge is 0.493 e. The van der Waals surface area contributed by atoms with Crippen molar-refractivity contribution in [2.75, 3.05) is 20.8 Å². The summed E-state index contributed by atoms with van der Waals surface area (Å²) in [5.74, 6) is -2.19. The molecule has 0 saturated heterocycles. The third-order valence-corrected chi connectivity index (χ3v) is 3.23. The molecular formula is C22H30O4. The molecule has 2 rings (SSSR count). The summed E-state index contributed by atoms with van der Waals surface area (Å²) in [6, 6.07) is -4.40. The van der Waals surface area contributed by atoms with Gasteiger partial charge in [-0.1, -0.05) is 18.5 Å². The summed E-state index contributed by atoms with van der Waals surface area (Å²) in [5, 5.41) is 10.7. The van der Waals surface area contributed by atoms with E-state index in [4.69, 9.17) is 31.4 Å². The van der Waals surface area contributed by atoms with Gasteiger partial charge in [0.2, 0.25) is 0 Å². The molecule has 0 fully saturated rings. The van der Waals surface area contributed by atoms with Crippen LogP contribution in [0.5, 0.6) is 17.2 Å². The fourth-order valence-electron chi connectivity index (χ4n) is 1.74. The number of hydrogen-bond donors (Lipinski definition) is 1. The zero-order valence-corrected chi connectivity index (χ0v) is 14.6. The van der Waals surface area contributed by atoms with Crippen LogP contribution < -0.4 is 14.2 Å². The number of methoxy groups -OCH3 is 2. The van der Waals surface area contributed by atoms with Crippen LogP contribution in [0, 0.1) is 13.8 Å². The zero-order valence-electron chi connectivity index (χ0n) is 30.6. The second kappa shape index (κ2) is 10.1. The molecule has 2 aromatic carbocycles. The van der Waals surface area contributed by atoms with Gasteiger partial charge in [0.15, 0.2) is 11.5 Å². The van der Waals surface area contributed by atoms with Gasteiger partial charge in [-0.25, -0.2) is 0 Å². The standard InChI is InChI=1S/C22H30O4/c1-16-9-11-20(13-17(16)2)26-15-19(23)8-6-5-7-18-10-12-21(24-3)22(14-18)25-4/h9-14,19,23H,5-8,15H2,1-4H3/i3D3,5D2,7D2,8D2,9D,10D,11D,12D,13D,14D,19D. The van der Waals surface area contributed by atoms with Crippen molar-refractivity contribution < 1.29 is 41.2 Å². The summed E-state index contributed by atoms with van der Waals surface area (Å²) < 4.78 is 144. The first-order valence-electron chi connectivity index (χ1n) is 15.5. The molecule has 0 amide bonds. The molecule has 0 radical (unpaired) electrons. The van der Waals surface area contributed by atoms with Crippen LogP contribution in [0.4, 0.5) is 0 Å². The SMILES string of the molecule is [2H]c1c([2H])c(OCC([2H])(O)C([2H])([2H])CC([2H])([2H])C([2H])([2H])c2c([2H])c([2H])c(OC([2H])([2H])[2H])c(OC)c2[2H])c([2H])c(C)c1C. The minimum atomic E-state index is -3.45. The van der Waals surface area contributed by atoms with Crippen molar-refractivity contribution in [3.63, 3.8) is 0 Å². The van der Waals surface area contributed by atoms with E-state index in [9.17, 15) is 5.11 Å². The average Bonchev–Trinajstić information content (AvgIpc) is 2.83. The topological polar surface area (TPSA) is 47.9 Å². The molecule has 1 unspecified atom stereocenters.